The van der Waals surface area contributed by atoms with Crippen molar-refractivity contribution in [1.82, 2.24) is 15.0 Å². The van der Waals surface area contributed by atoms with Gasteiger partial charge in [-0.25, -0.2) is 5.43 Å². The zero-order chi connectivity index (χ0) is 22.2. The number of ether oxygens (including phenoxy) is 1. The number of rotatable bonds is 9. The van der Waals surface area contributed by atoms with Crippen LogP contribution in [0, 0.1) is 0 Å². The molecule has 0 fully saturated rings. The first kappa shape index (κ1) is 21.3. The van der Waals surface area contributed by atoms with Crippen molar-refractivity contribution < 1.29 is 9.15 Å². The van der Waals surface area contributed by atoms with Crippen molar-refractivity contribution >= 4 is 45.7 Å². The van der Waals surface area contributed by atoms with E-state index in [-0.39, 0.29) is 5.95 Å². The summed E-state index contributed by atoms with van der Waals surface area (Å²) < 4.78 is 11.5. The minimum absolute atomic E-state index is 0.282. The molecule has 10 heteroatoms. The number of halogens is 1. The van der Waals surface area contributed by atoms with Crippen LogP contribution in [0.3, 0.4) is 0 Å². The smallest absolute Gasteiger partial charge is 0.250 e. The molecule has 0 aliphatic heterocycles. The molecule has 0 radical (unpaired) electrons. The van der Waals surface area contributed by atoms with E-state index in [4.69, 9.17) is 9.15 Å². The summed E-state index contributed by atoms with van der Waals surface area (Å²) in [6, 6.07) is 18.9. The number of aromatic nitrogens is 3. The first-order valence-corrected chi connectivity index (χ1v) is 10.5. The Morgan fingerprint density at radius 3 is 2.56 bits per heavy atom. The van der Waals surface area contributed by atoms with Crippen LogP contribution in [-0.4, -0.2) is 28.3 Å². The Balaban J connectivity index is 1.52. The van der Waals surface area contributed by atoms with Crippen molar-refractivity contribution in [2.24, 2.45) is 5.10 Å². The predicted octanol–water partition coefficient (Wildman–Crippen LogP) is 5.04. The highest BCUT2D eigenvalue weighted by Crippen LogP contribution is 2.19. The minimum Gasteiger partial charge on any atom is -0.497 e. The molecule has 0 saturated carbocycles. The summed E-state index contributed by atoms with van der Waals surface area (Å²) in [5, 5.41) is 10.5. The van der Waals surface area contributed by atoms with Crippen molar-refractivity contribution in [3.63, 3.8) is 0 Å². The van der Waals surface area contributed by atoms with Crippen LogP contribution >= 0.6 is 15.9 Å². The van der Waals surface area contributed by atoms with Crippen LogP contribution < -0.4 is 20.8 Å². The maximum Gasteiger partial charge on any atom is 0.250 e. The van der Waals surface area contributed by atoms with Crippen LogP contribution in [0.2, 0.25) is 0 Å². The van der Waals surface area contributed by atoms with E-state index in [0.717, 1.165) is 27.2 Å². The molecule has 0 bridgehead atoms. The third-order valence-corrected chi connectivity index (χ3v) is 4.70. The Labute approximate surface area is 193 Å². The molecule has 0 unspecified atom stereocenters. The van der Waals surface area contributed by atoms with Crippen molar-refractivity contribution in [1.29, 1.82) is 0 Å². The normalized spacial score (nSPS) is 10.8. The van der Waals surface area contributed by atoms with E-state index >= 15 is 0 Å². The van der Waals surface area contributed by atoms with E-state index in [1.807, 2.05) is 60.7 Å². The van der Waals surface area contributed by atoms with Gasteiger partial charge in [-0.1, -0.05) is 28.1 Å². The SMILES string of the molecule is COc1ccc(Nc2nc(NCc3ccco3)nc(N/N=C\c3cccc(Br)c3)n2)cc1. The van der Waals surface area contributed by atoms with Gasteiger partial charge < -0.3 is 19.8 Å². The Morgan fingerprint density at radius 1 is 1.00 bits per heavy atom. The van der Waals surface area contributed by atoms with Crippen molar-refractivity contribution in [3.05, 3.63) is 82.7 Å². The lowest BCUT2D eigenvalue weighted by atomic mass is 10.2. The maximum absolute atomic E-state index is 5.35. The summed E-state index contributed by atoms with van der Waals surface area (Å²) in [7, 11) is 1.62. The summed E-state index contributed by atoms with van der Waals surface area (Å²) in [4.78, 5) is 13.2. The number of hydrazone groups is 1. The molecule has 2 heterocycles. The maximum atomic E-state index is 5.35. The molecule has 32 heavy (non-hydrogen) atoms. The van der Waals surface area contributed by atoms with Gasteiger partial charge in [-0.15, -0.1) is 0 Å². The molecule has 4 rings (SSSR count). The highest BCUT2D eigenvalue weighted by atomic mass is 79.9. The van der Waals surface area contributed by atoms with Crippen LogP contribution in [0.25, 0.3) is 0 Å². The molecule has 3 N–H and O–H groups in total. The Morgan fingerprint density at radius 2 is 1.81 bits per heavy atom. The van der Waals surface area contributed by atoms with Crippen molar-refractivity contribution in [2.75, 3.05) is 23.2 Å². The van der Waals surface area contributed by atoms with Gasteiger partial charge in [-0.3, -0.25) is 0 Å². The average Bonchev–Trinajstić information content (AvgIpc) is 3.32. The molecule has 0 saturated heterocycles. The van der Waals surface area contributed by atoms with Gasteiger partial charge in [0.2, 0.25) is 17.8 Å². The summed E-state index contributed by atoms with van der Waals surface area (Å²) in [5.41, 5.74) is 4.59. The van der Waals surface area contributed by atoms with E-state index in [0.29, 0.717) is 18.4 Å². The van der Waals surface area contributed by atoms with Crippen LogP contribution in [0.4, 0.5) is 23.5 Å². The number of hydrogen-bond acceptors (Lipinski definition) is 9. The lowest BCUT2D eigenvalue weighted by molar-refractivity contribution is 0.415. The van der Waals surface area contributed by atoms with Crippen molar-refractivity contribution in [2.45, 2.75) is 6.54 Å². The Hall–Kier alpha value is -3.92. The second kappa shape index (κ2) is 10.4. The summed E-state index contributed by atoms with van der Waals surface area (Å²) in [5.74, 6) is 2.53. The quantitative estimate of drug-likeness (QED) is 0.219. The predicted molar refractivity (Wildman–Crippen MR) is 127 cm³/mol. The number of anilines is 4. The fourth-order valence-electron chi connectivity index (χ4n) is 2.70. The van der Waals surface area contributed by atoms with Gasteiger partial charge in [-0.2, -0.15) is 20.1 Å². The molecular weight excluding hydrogens is 474 g/mol. The summed E-state index contributed by atoms with van der Waals surface area (Å²) in [6.07, 6.45) is 3.30. The number of nitrogens with zero attached hydrogens (tertiary/aromatic N) is 4. The monoisotopic (exact) mass is 493 g/mol. The fraction of sp³-hybridized carbons (Fsp3) is 0.0909. The van der Waals surface area contributed by atoms with Crippen molar-refractivity contribution in [3.8, 4) is 5.75 Å². The van der Waals surface area contributed by atoms with Gasteiger partial charge in [0.25, 0.3) is 0 Å². The molecule has 0 aliphatic rings. The average molecular weight is 494 g/mol. The number of nitrogens with one attached hydrogen (secondary N) is 3. The van der Waals surface area contributed by atoms with Gasteiger partial charge in [-0.05, 0) is 54.1 Å². The molecule has 2 aromatic heterocycles. The van der Waals surface area contributed by atoms with Crippen LogP contribution in [-0.2, 0) is 6.54 Å². The van der Waals surface area contributed by atoms with Gasteiger partial charge in [0.05, 0.1) is 26.1 Å². The molecule has 2 aromatic carbocycles. The van der Waals surface area contributed by atoms with Crippen LogP contribution in [0.1, 0.15) is 11.3 Å². The Bertz CT molecular complexity index is 1180. The van der Waals surface area contributed by atoms with E-state index in [1.54, 1.807) is 19.6 Å². The van der Waals surface area contributed by atoms with Gasteiger partial charge in [0, 0.05) is 10.2 Å². The molecule has 0 spiro atoms. The van der Waals surface area contributed by atoms with E-state index in [9.17, 15) is 0 Å². The zero-order valence-electron chi connectivity index (χ0n) is 17.1. The third-order valence-electron chi connectivity index (χ3n) is 4.21. The molecule has 0 amide bonds. The molecular formula is C22H20BrN7O2. The highest BCUT2D eigenvalue weighted by Gasteiger charge is 2.08. The van der Waals surface area contributed by atoms with Gasteiger partial charge >= 0.3 is 0 Å². The highest BCUT2D eigenvalue weighted by molar-refractivity contribution is 9.10. The summed E-state index contributed by atoms with van der Waals surface area (Å²) in [6.45, 7) is 0.430. The van der Waals surface area contributed by atoms with E-state index < -0.39 is 0 Å². The largest absolute Gasteiger partial charge is 0.497 e. The van der Waals surface area contributed by atoms with Gasteiger partial charge in [0.15, 0.2) is 0 Å². The fourth-order valence-corrected chi connectivity index (χ4v) is 3.11. The first-order valence-electron chi connectivity index (χ1n) is 9.66. The molecule has 4 aromatic rings. The summed E-state index contributed by atoms with van der Waals surface area (Å²) >= 11 is 3.45. The number of methoxy groups -OCH3 is 1. The second-order valence-corrected chi connectivity index (χ2v) is 7.43. The van der Waals surface area contributed by atoms with Crippen LogP contribution in [0.15, 0.2) is 80.9 Å². The molecule has 0 aliphatic carbocycles. The lowest BCUT2D eigenvalue weighted by Gasteiger charge is -2.10. The number of benzene rings is 2. The Kier molecular flexibility index (Phi) is 6.93. The minimum atomic E-state index is 0.282. The topological polar surface area (TPSA) is 109 Å². The number of furan rings is 1. The zero-order valence-corrected chi connectivity index (χ0v) is 18.7. The first-order chi connectivity index (χ1) is 15.7. The van der Waals surface area contributed by atoms with E-state index in [1.165, 1.54) is 0 Å². The third kappa shape index (κ3) is 6.05. The number of hydrogen-bond donors (Lipinski definition) is 3. The molecule has 162 valence electrons. The second-order valence-electron chi connectivity index (χ2n) is 6.52. The van der Waals surface area contributed by atoms with E-state index in [2.05, 4.69) is 52.0 Å². The molecule has 9 nitrogen and oxygen atoms in total. The lowest BCUT2D eigenvalue weighted by Crippen LogP contribution is -2.09. The van der Waals surface area contributed by atoms with Gasteiger partial charge in [0.1, 0.15) is 11.5 Å². The molecule has 0 atom stereocenters. The van der Waals surface area contributed by atoms with Crippen LogP contribution in [0.5, 0.6) is 5.75 Å². The standard InChI is InChI=1S/C22H20BrN7O2/c1-31-18-9-7-17(8-10-18)26-21-27-20(24-14-19-6-3-11-32-19)28-22(29-21)30-25-13-15-4-2-5-16(23)12-15/h2-13H,14H2,1H3,(H3,24,26,27,28,29,30)/b25-13-.